The van der Waals surface area contributed by atoms with Crippen LogP contribution in [-0.4, -0.2) is 50.3 Å². The number of aliphatic hydroxyl groups excluding tert-OH is 2. The molecule has 0 aliphatic carbocycles. The summed E-state index contributed by atoms with van der Waals surface area (Å²) < 4.78 is 0. The number of hydrogen-bond acceptors (Lipinski definition) is 4. The molecule has 86 valence electrons. The summed E-state index contributed by atoms with van der Waals surface area (Å²) in [6, 6.07) is 0. The second kappa shape index (κ2) is 12.6. The van der Waals surface area contributed by atoms with Crippen LogP contribution in [0.1, 0.15) is 13.8 Å². The fourth-order valence-electron chi connectivity index (χ4n) is 0.715. The van der Waals surface area contributed by atoms with Crippen molar-refractivity contribution in [2.75, 3.05) is 33.9 Å². The third-order valence-corrected chi connectivity index (χ3v) is 1.56. The van der Waals surface area contributed by atoms with Gasteiger partial charge in [0.05, 0.1) is 6.61 Å². The quantitative estimate of drug-likeness (QED) is 0.559. The van der Waals surface area contributed by atoms with Gasteiger partial charge in [0, 0.05) is 25.8 Å². The molecule has 0 aromatic rings. The van der Waals surface area contributed by atoms with Gasteiger partial charge in [-0.1, -0.05) is 13.8 Å². The van der Waals surface area contributed by atoms with Crippen molar-refractivity contribution >= 4 is 6.21 Å². The SMILES string of the molecule is CN=CC(C)CO.CNCC(C)CO. The summed E-state index contributed by atoms with van der Waals surface area (Å²) >= 11 is 0. The van der Waals surface area contributed by atoms with Gasteiger partial charge in [0.25, 0.3) is 0 Å². The highest BCUT2D eigenvalue weighted by atomic mass is 16.3. The molecule has 0 aliphatic rings. The lowest BCUT2D eigenvalue weighted by atomic mass is 10.2. The monoisotopic (exact) mass is 204 g/mol. The number of aliphatic imine (C=N–C) groups is 1. The first-order valence-electron chi connectivity index (χ1n) is 4.90. The van der Waals surface area contributed by atoms with Crippen molar-refractivity contribution in [2.45, 2.75) is 13.8 Å². The van der Waals surface area contributed by atoms with Gasteiger partial charge >= 0.3 is 0 Å². The molecule has 2 unspecified atom stereocenters. The van der Waals surface area contributed by atoms with E-state index in [1.54, 1.807) is 13.3 Å². The van der Waals surface area contributed by atoms with Crippen LogP contribution in [0.15, 0.2) is 4.99 Å². The van der Waals surface area contributed by atoms with E-state index in [1.165, 1.54) is 0 Å². The Morgan fingerprint density at radius 1 is 1.29 bits per heavy atom. The maximum absolute atomic E-state index is 8.43. The van der Waals surface area contributed by atoms with Gasteiger partial charge in [-0.15, -0.1) is 0 Å². The summed E-state index contributed by atoms with van der Waals surface area (Å²) in [5.41, 5.74) is 0. The highest BCUT2D eigenvalue weighted by Gasteiger charge is 1.93. The molecule has 0 heterocycles. The third kappa shape index (κ3) is 14.1. The largest absolute Gasteiger partial charge is 0.396 e. The molecule has 0 aromatic carbocycles. The second-order valence-electron chi connectivity index (χ2n) is 3.41. The Hall–Kier alpha value is -0.450. The van der Waals surface area contributed by atoms with Gasteiger partial charge in [-0.25, -0.2) is 0 Å². The molecule has 0 saturated heterocycles. The van der Waals surface area contributed by atoms with E-state index in [0.717, 1.165) is 6.54 Å². The van der Waals surface area contributed by atoms with Crippen molar-refractivity contribution in [3.8, 4) is 0 Å². The van der Waals surface area contributed by atoms with Crippen LogP contribution in [0.2, 0.25) is 0 Å². The molecule has 4 heteroatoms. The van der Waals surface area contributed by atoms with Crippen LogP contribution in [0.25, 0.3) is 0 Å². The molecule has 0 bridgehead atoms. The van der Waals surface area contributed by atoms with Crippen molar-refractivity contribution in [3.63, 3.8) is 0 Å². The zero-order chi connectivity index (χ0) is 11.4. The zero-order valence-electron chi connectivity index (χ0n) is 9.70. The Bertz CT molecular complexity index is 129. The van der Waals surface area contributed by atoms with Crippen LogP contribution < -0.4 is 5.32 Å². The molecule has 4 nitrogen and oxygen atoms in total. The molecule has 0 amide bonds. The molecule has 0 radical (unpaired) electrons. The van der Waals surface area contributed by atoms with E-state index in [2.05, 4.69) is 10.3 Å². The predicted octanol–water partition coefficient (Wildman–Crippen LogP) is 0.150. The molecule has 0 aromatic heterocycles. The topological polar surface area (TPSA) is 64.9 Å². The zero-order valence-corrected chi connectivity index (χ0v) is 9.70. The number of nitrogens with one attached hydrogen (secondary N) is 1. The van der Waals surface area contributed by atoms with Gasteiger partial charge in [0.2, 0.25) is 0 Å². The Labute approximate surface area is 87.1 Å². The first kappa shape index (κ1) is 16.0. The molecule has 0 fully saturated rings. The number of aliphatic hydroxyl groups is 2. The van der Waals surface area contributed by atoms with E-state index in [9.17, 15) is 0 Å². The van der Waals surface area contributed by atoms with Gasteiger partial charge < -0.3 is 20.5 Å². The fourth-order valence-corrected chi connectivity index (χ4v) is 0.715. The van der Waals surface area contributed by atoms with E-state index in [1.807, 2.05) is 20.9 Å². The van der Waals surface area contributed by atoms with E-state index in [-0.39, 0.29) is 19.1 Å². The van der Waals surface area contributed by atoms with Gasteiger partial charge in [-0.05, 0) is 19.5 Å². The van der Waals surface area contributed by atoms with E-state index < -0.39 is 0 Å². The summed E-state index contributed by atoms with van der Waals surface area (Å²) in [5.74, 6) is 0.606. The van der Waals surface area contributed by atoms with Crippen LogP contribution in [0, 0.1) is 11.8 Å². The fraction of sp³-hybridized carbons (Fsp3) is 0.900. The molecule has 0 spiro atoms. The normalized spacial score (nSPS) is 14.7. The van der Waals surface area contributed by atoms with Crippen LogP contribution in [0.5, 0.6) is 0 Å². The third-order valence-electron chi connectivity index (χ3n) is 1.56. The van der Waals surface area contributed by atoms with Crippen molar-refractivity contribution < 1.29 is 10.2 Å². The lowest BCUT2D eigenvalue weighted by Gasteiger charge is -2.03. The van der Waals surface area contributed by atoms with Crippen molar-refractivity contribution in [1.82, 2.24) is 5.32 Å². The van der Waals surface area contributed by atoms with Crippen LogP contribution in [0.4, 0.5) is 0 Å². The van der Waals surface area contributed by atoms with Crippen LogP contribution in [-0.2, 0) is 0 Å². The minimum Gasteiger partial charge on any atom is -0.396 e. The van der Waals surface area contributed by atoms with E-state index in [4.69, 9.17) is 10.2 Å². The van der Waals surface area contributed by atoms with E-state index >= 15 is 0 Å². The first-order valence-corrected chi connectivity index (χ1v) is 4.90. The average molecular weight is 204 g/mol. The highest BCUT2D eigenvalue weighted by Crippen LogP contribution is 1.86. The van der Waals surface area contributed by atoms with Gasteiger partial charge in [0.1, 0.15) is 0 Å². The Morgan fingerprint density at radius 2 is 1.86 bits per heavy atom. The Balaban J connectivity index is 0. The minimum atomic E-state index is 0.192. The molecule has 0 aliphatic heterocycles. The molecule has 2 atom stereocenters. The lowest BCUT2D eigenvalue weighted by molar-refractivity contribution is 0.236. The minimum absolute atomic E-state index is 0.192. The number of hydrogen-bond donors (Lipinski definition) is 3. The Morgan fingerprint density at radius 3 is 2.00 bits per heavy atom. The first-order chi connectivity index (χ1) is 6.62. The number of nitrogens with zero attached hydrogens (tertiary/aromatic N) is 1. The van der Waals surface area contributed by atoms with Crippen molar-refractivity contribution in [2.24, 2.45) is 16.8 Å². The summed E-state index contributed by atoms with van der Waals surface area (Å²) in [6.07, 6.45) is 1.72. The molecule has 14 heavy (non-hydrogen) atoms. The maximum Gasteiger partial charge on any atom is 0.0506 e. The van der Waals surface area contributed by atoms with E-state index in [0.29, 0.717) is 5.92 Å². The van der Waals surface area contributed by atoms with Gasteiger partial charge in [-0.3, -0.25) is 0 Å². The maximum atomic E-state index is 8.43. The van der Waals surface area contributed by atoms with Gasteiger partial charge in [-0.2, -0.15) is 0 Å². The van der Waals surface area contributed by atoms with Gasteiger partial charge in [0.15, 0.2) is 0 Å². The summed E-state index contributed by atoms with van der Waals surface area (Å²) in [6.45, 7) is 5.28. The van der Waals surface area contributed by atoms with Crippen molar-refractivity contribution in [1.29, 1.82) is 0 Å². The second-order valence-corrected chi connectivity index (χ2v) is 3.41. The molecular weight excluding hydrogens is 180 g/mol. The van der Waals surface area contributed by atoms with Crippen molar-refractivity contribution in [3.05, 3.63) is 0 Å². The molecule has 3 N–H and O–H groups in total. The molecule has 0 rings (SSSR count). The average Bonchev–Trinajstić information content (AvgIpc) is 2.19. The smallest absolute Gasteiger partial charge is 0.0506 e. The van der Waals surface area contributed by atoms with Crippen LogP contribution >= 0.6 is 0 Å². The highest BCUT2D eigenvalue weighted by molar-refractivity contribution is 5.59. The standard InChI is InChI=1S/C5H13NO.C5H11NO/c2*1-5(4-7)3-6-2/h5-7H,3-4H2,1-2H3;3,5,7H,4H2,1-2H3. The summed E-state index contributed by atoms with van der Waals surface area (Å²) in [5, 5.41) is 19.8. The predicted molar refractivity (Wildman–Crippen MR) is 60.8 cm³/mol. The summed E-state index contributed by atoms with van der Waals surface area (Å²) in [7, 11) is 3.58. The lowest BCUT2D eigenvalue weighted by Crippen LogP contribution is -2.18. The van der Waals surface area contributed by atoms with Crippen LogP contribution in [0.3, 0.4) is 0 Å². The summed E-state index contributed by atoms with van der Waals surface area (Å²) in [4.78, 5) is 3.72. The Kier molecular flexibility index (Phi) is 14.3. The number of rotatable bonds is 5. The molecule has 0 saturated carbocycles. The molecular formula is C10H24N2O2.